The summed E-state index contributed by atoms with van der Waals surface area (Å²) in [5, 5.41) is 10.2. The van der Waals surface area contributed by atoms with Gasteiger partial charge in [-0.3, -0.25) is 10.1 Å². The Balaban J connectivity index is 3.45. The van der Waals surface area contributed by atoms with E-state index in [1.807, 2.05) is 0 Å². The molecule has 10 heteroatoms. The van der Waals surface area contributed by atoms with Gasteiger partial charge in [0.05, 0.1) is 17.1 Å². The van der Waals surface area contributed by atoms with Gasteiger partial charge in [0.1, 0.15) is 9.92 Å². The van der Waals surface area contributed by atoms with Crippen LogP contribution in [0.25, 0.3) is 0 Å². The molecule has 20 heavy (non-hydrogen) atoms. The highest BCUT2D eigenvalue weighted by atomic mass is 35.7. The third-order valence-corrected chi connectivity index (χ3v) is 4.01. The predicted octanol–water partition coefficient (Wildman–Crippen LogP) is 2.74. The SMILES string of the molecule is CCCOC(=O)c1cc([N+](=O)[O-])c(Cl)c(S(=O)(=O)Cl)c1. The van der Waals surface area contributed by atoms with Gasteiger partial charge in [0.25, 0.3) is 14.7 Å². The van der Waals surface area contributed by atoms with Crippen LogP contribution in [0.5, 0.6) is 0 Å². The first-order valence-corrected chi connectivity index (χ1v) is 7.97. The van der Waals surface area contributed by atoms with E-state index in [0.717, 1.165) is 12.1 Å². The Labute approximate surface area is 124 Å². The van der Waals surface area contributed by atoms with E-state index in [1.165, 1.54) is 0 Å². The number of esters is 1. The van der Waals surface area contributed by atoms with E-state index in [1.54, 1.807) is 6.92 Å². The molecule has 0 fully saturated rings. The quantitative estimate of drug-likeness (QED) is 0.353. The number of benzene rings is 1. The Morgan fingerprint density at radius 3 is 2.50 bits per heavy atom. The molecule has 0 spiro atoms. The van der Waals surface area contributed by atoms with Crippen LogP contribution in [0.4, 0.5) is 5.69 Å². The summed E-state index contributed by atoms with van der Waals surface area (Å²) in [5.41, 5.74) is -1.05. The van der Waals surface area contributed by atoms with Crippen molar-refractivity contribution in [3.05, 3.63) is 32.8 Å². The summed E-state index contributed by atoms with van der Waals surface area (Å²) < 4.78 is 27.4. The minimum absolute atomic E-state index is 0.0955. The molecular weight excluding hydrogens is 333 g/mol. The van der Waals surface area contributed by atoms with Gasteiger partial charge in [-0.05, 0) is 12.5 Å². The Morgan fingerprint density at radius 1 is 1.45 bits per heavy atom. The van der Waals surface area contributed by atoms with Crippen LogP contribution in [0, 0.1) is 10.1 Å². The largest absolute Gasteiger partial charge is 0.462 e. The minimum atomic E-state index is -4.34. The second-order valence-corrected chi connectivity index (χ2v) is 6.55. The molecule has 0 atom stereocenters. The molecule has 0 unspecified atom stereocenters. The molecule has 0 saturated heterocycles. The maximum Gasteiger partial charge on any atom is 0.338 e. The van der Waals surface area contributed by atoms with Crippen LogP contribution in [0.15, 0.2) is 17.0 Å². The smallest absolute Gasteiger partial charge is 0.338 e. The second kappa shape index (κ2) is 6.38. The van der Waals surface area contributed by atoms with Crippen LogP contribution in [-0.4, -0.2) is 25.9 Å². The zero-order chi connectivity index (χ0) is 15.5. The van der Waals surface area contributed by atoms with Crippen molar-refractivity contribution in [3.8, 4) is 0 Å². The topological polar surface area (TPSA) is 104 Å². The lowest BCUT2D eigenvalue weighted by molar-refractivity contribution is -0.384. The van der Waals surface area contributed by atoms with Gasteiger partial charge in [-0.15, -0.1) is 0 Å². The number of carbonyl (C=O) groups is 1. The number of ether oxygens (including phenoxy) is 1. The summed E-state index contributed by atoms with van der Waals surface area (Å²) in [7, 11) is 0.797. The number of nitrogens with zero attached hydrogens (tertiary/aromatic N) is 1. The van der Waals surface area contributed by atoms with E-state index in [9.17, 15) is 23.3 Å². The second-order valence-electron chi connectivity index (χ2n) is 3.64. The molecule has 0 heterocycles. The summed E-state index contributed by atoms with van der Waals surface area (Å²) in [5.74, 6) is -0.895. The normalized spacial score (nSPS) is 11.2. The van der Waals surface area contributed by atoms with E-state index in [0.29, 0.717) is 6.42 Å². The van der Waals surface area contributed by atoms with E-state index >= 15 is 0 Å². The highest BCUT2D eigenvalue weighted by Gasteiger charge is 2.27. The minimum Gasteiger partial charge on any atom is -0.462 e. The van der Waals surface area contributed by atoms with Crippen LogP contribution in [0.1, 0.15) is 23.7 Å². The molecule has 1 aromatic rings. The number of nitro groups is 1. The van der Waals surface area contributed by atoms with Crippen LogP contribution >= 0.6 is 22.3 Å². The fraction of sp³-hybridized carbons (Fsp3) is 0.300. The van der Waals surface area contributed by atoms with Gasteiger partial charge in [-0.2, -0.15) is 0 Å². The summed E-state index contributed by atoms with van der Waals surface area (Å²) in [4.78, 5) is 20.8. The van der Waals surface area contributed by atoms with Gasteiger partial charge < -0.3 is 4.74 Å². The predicted molar refractivity (Wildman–Crippen MR) is 71.7 cm³/mol. The lowest BCUT2D eigenvalue weighted by Crippen LogP contribution is -2.08. The maximum absolute atomic E-state index is 11.6. The Morgan fingerprint density at radius 2 is 2.05 bits per heavy atom. The summed E-state index contributed by atoms with van der Waals surface area (Å²) in [6.07, 6.45) is 0.544. The van der Waals surface area contributed by atoms with Gasteiger partial charge in [0.15, 0.2) is 0 Å². The molecule has 1 aromatic carbocycles. The van der Waals surface area contributed by atoms with Crippen LogP contribution < -0.4 is 0 Å². The molecule has 110 valence electrons. The third-order valence-electron chi connectivity index (χ3n) is 2.15. The fourth-order valence-electron chi connectivity index (χ4n) is 1.29. The Bertz CT molecular complexity index is 658. The standard InChI is InChI=1S/C10H9Cl2NO6S/c1-2-3-19-10(14)6-4-7(13(15)16)9(11)8(5-6)20(12,17)18/h4-5H,2-3H2,1H3. The Hall–Kier alpha value is -1.38. The van der Waals surface area contributed by atoms with Crippen molar-refractivity contribution in [2.45, 2.75) is 18.2 Å². The van der Waals surface area contributed by atoms with Crippen LogP contribution in [0.3, 0.4) is 0 Å². The van der Waals surface area contributed by atoms with Crippen molar-refractivity contribution in [2.75, 3.05) is 6.61 Å². The van der Waals surface area contributed by atoms with E-state index < -0.39 is 35.5 Å². The molecule has 0 aromatic heterocycles. The number of nitro benzene ring substituents is 1. The lowest BCUT2D eigenvalue weighted by Gasteiger charge is -2.06. The fourth-order valence-corrected chi connectivity index (χ4v) is 2.84. The first-order chi connectivity index (χ1) is 9.18. The molecule has 0 amide bonds. The molecule has 0 saturated carbocycles. The zero-order valence-electron chi connectivity index (χ0n) is 10.1. The summed E-state index contributed by atoms with van der Waals surface area (Å²) >= 11 is 5.61. The van der Waals surface area contributed by atoms with E-state index in [4.69, 9.17) is 27.0 Å². The average Bonchev–Trinajstić information content (AvgIpc) is 2.34. The number of carbonyl (C=O) groups excluding carboxylic acids is 1. The molecule has 0 aliphatic heterocycles. The first kappa shape index (κ1) is 16.7. The van der Waals surface area contributed by atoms with Crippen molar-refractivity contribution in [2.24, 2.45) is 0 Å². The molecule has 0 bridgehead atoms. The maximum atomic E-state index is 11.6. The highest BCUT2D eigenvalue weighted by Crippen LogP contribution is 2.34. The molecule has 1 rings (SSSR count). The van der Waals surface area contributed by atoms with Crippen molar-refractivity contribution < 1.29 is 22.9 Å². The van der Waals surface area contributed by atoms with Crippen molar-refractivity contribution in [3.63, 3.8) is 0 Å². The molecule has 0 radical (unpaired) electrons. The third kappa shape index (κ3) is 3.81. The van der Waals surface area contributed by atoms with Crippen LogP contribution in [-0.2, 0) is 13.8 Å². The lowest BCUT2D eigenvalue weighted by atomic mass is 10.2. The van der Waals surface area contributed by atoms with Gasteiger partial charge in [-0.25, -0.2) is 13.2 Å². The number of halogens is 2. The molecule has 7 nitrogen and oxygen atoms in total. The van der Waals surface area contributed by atoms with E-state index in [-0.39, 0.29) is 12.2 Å². The molecule has 0 N–H and O–H groups in total. The summed E-state index contributed by atoms with van der Waals surface area (Å²) in [6.45, 7) is 1.85. The van der Waals surface area contributed by atoms with Crippen molar-refractivity contribution in [1.82, 2.24) is 0 Å². The Kier molecular flexibility index (Phi) is 5.32. The molecule has 0 aliphatic rings. The van der Waals surface area contributed by atoms with Gasteiger partial charge in [-0.1, -0.05) is 18.5 Å². The van der Waals surface area contributed by atoms with E-state index in [2.05, 4.69) is 0 Å². The number of hydrogen-bond acceptors (Lipinski definition) is 6. The van der Waals surface area contributed by atoms with Crippen molar-refractivity contribution >= 4 is 43.0 Å². The average molecular weight is 342 g/mol. The highest BCUT2D eigenvalue weighted by molar-refractivity contribution is 8.13. The van der Waals surface area contributed by atoms with Crippen molar-refractivity contribution in [1.29, 1.82) is 0 Å². The number of hydrogen-bond donors (Lipinski definition) is 0. The first-order valence-electron chi connectivity index (χ1n) is 5.28. The zero-order valence-corrected chi connectivity index (χ0v) is 12.5. The summed E-state index contributed by atoms with van der Waals surface area (Å²) in [6, 6.07) is 1.68. The monoisotopic (exact) mass is 341 g/mol. The molecule has 0 aliphatic carbocycles. The van der Waals surface area contributed by atoms with Gasteiger partial charge in [0, 0.05) is 16.7 Å². The number of rotatable bonds is 5. The van der Waals surface area contributed by atoms with Crippen LogP contribution in [0.2, 0.25) is 5.02 Å². The van der Waals surface area contributed by atoms with Gasteiger partial charge in [0.2, 0.25) is 0 Å². The van der Waals surface area contributed by atoms with Gasteiger partial charge >= 0.3 is 5.97 Å². The molecular formula is C10H9Cl2NO6S.